The number of esters is 1. The Morgan fingerprint density at radius 1 is 1.15 bits per heavy atom. The van der Waals surface area contributed by atoms with Gasteiger partial charge in [-0.15, -0.1) is 0 Å². The molecule has 0 N–H and O–H groups in total. The molecule has 0 bridgehead atoms. The Morgan fingerprint density at radius 3 is 2.20 bits per heavy atom. The van der Waals surface area contributed by atoms with E-state index in [2.05, 4.69) is 25.9 Å². The van der Waals surface area contributed by atoms with Crippen molar-refractivity contribution < 1.29 is 19.0 Å². The van der Waals surface area contributed by atoms with Crippen LogP contribution >= 0.6 is 15.9 Å². The third-order valence-corrected chi connectivity index (χ3v) is 3.15. The van der Waals surface area contributed by atoms with Gasteiger partial charge in [0.05, 0.1) is 31.9 Å². The SMILES string of the molecule is CCOC(=O)c1nc2cc(OC)c(OC)cc2nc1Br. The second kappa shape index (κ2) is 6.04. The molecular formula is C13H13BrN2O4. The highest BCUT2D eigenvalue weighted by atomic mass is 79.9. The first-order chi connectivity index (χ1) is 9.60. The monoisotopic (exact) mass is 340 g/mol. The number of halogens is 1. The molecule has 7 heteroatoms. The Kier molecular flexibility index (Phi) is 4.39. The van der Waals surface area contributed by atoms with Gasteiger partial charge in [0.2, 0.25) is 0 Å². The van der Waals surface area contributed by atoms with Crippen LogP contribution in [0.15, 0.2) is 16.7 Å². The van der Waals surface area contributed by atoms with Crippen LogP contribution in [0, 0.1) is 0 Å². The number of rotatable bonds is 4. The zero-order valence-corrected chi connectivity index (χ0v) is 12.9. The number of ether oxygens (including phenoxy) is 3. The number of methoxy groups -OCH3 is 2. The fourth-order valence-corrected chi connectivity index (χ4v) is 2.13. The highest BCUT2D eigenvalue weighted by Crippen LogP contribution is 2.31. The van der Waals surface area contributed by atoms with Crippen molar-refractivity contribution in [2.24, 2.45) is 0 Å². The molecule has 0 aliphatic heterocycles. The van der Waals surface area contributed by atoms with Crippen molar-refractivity contribution in [3.8, 4) is 11.5 Å². The molecule has 0 aliphatic rings. The van der Waals surface area contributed by atoms with Crippen molar-refractivity contribution in [1.29, 1.82) is 0 Å². The number of carbonyl (C=O) groups is 1. The van der Waals surface area contributed by atoms with Crippen molar-refractivity contribution in [2.45, 2.75) is 6.92 Å². The Morgan fingerprint density at radius 2 is 1.70 bits per heavy atom. The highest BCUT2D eigenvalue weighted by Gasteiger charge is 2.17. The fraction of sp³-hybridized carbons (Fsp3) is 0.308. The number of fused-ring (bicyclic) bond motifs is 1. The lowest BCUT2D eigenvalue weighted by Crippen LogP contribution is -2.09. The number of carbonyl (C=O) groups excluding carboxylic acids is 1. The Balaban J connectivity index is 2.60. The van der Waals surface area contributed by atoms with Crippen LogP contribution in [0.1, 0.15) is 17.4 Å². The average molecular weight is 341 g/mol. The van der Waals surface area contributed by atoms with E-state index in [0.717, 1.165) is 0 Å². The van der Waals surface area contributed by atoms with Gasteiger partial charge < -0.3 is 14.2 Å². The second-order valence-electron chi connectivity index (χ2n) is 3.78. The van der Waals surface area contributed by atoms with E-state index in [4.69, 9.17) is 14.2 Å². The van der Waals surface area contributed by atoms with Gasteiger partial charge in [0.1, 0.15) is 4.60 Å². The van der Waals surface area contributed by atoms with Gasteiger partial charge in [0, 0.05) is 12.1 Å². The van der Waals surface area contributed by atoms with Crippen LogP contribution in [0.25, 0.3) is 11.0 Å². The van der Waals surface area contributed by atoms with Crippen molar-refractivity contribution >= 4 is 32.9 Å². The predicted molar refractivity (Wildman–Crippen MR) is 76.3 cm³/mol. The van der Waals surface area contributed by atoms with Crippen molar-refractivity contribution in [3.63, 3.8) is 0 Å². The van der Waals surface area contributed by atoms with E-state index in [1.54, 1.807) is 26.2 Å². The second-order valence-corrected chi connectivity index (χ2v) is 4.53. The third-order valence-electron chi connectivity index (χ3n) is 2.60. The molecule has 1 aromatic heterocycles. The van der Waals surface area contributed by atoms with Gasteiger partial charge in [0.25, 0.3) is 0 Å². The van der Waals surface area contributed by atoms with E-state index < -0.39 is 5.97 Å². The molecular weight excluding hydrogens is 328 g/mol. The molecule has 0 saturated heterocycles. The summed E-state index contributed by atoms with van der Waals surface area (Å²) in [5.41, 5.74) is 1.24. The van der Waals surface area contributed by atoms with Crippen LogP contribution in [0.5, 0.6) is 11.5 Å². The van der Waals surface area contributed by atoms with Crippen LogP contribution in [0.4, 0.5) is 0 Å². The molecule has 0 fully saturated rings. The summed E-state index contributed by atoms with van der Waals surface area (Å²) in [4.78, 5) is 20.3. The third kappa shape index (κ3) is 2.67. The summed E-state index contributed by atoms with van der Waals surface area (Å²) in [6, 6.07) is 3.36. The molecule has 0 saturated carbocycles. The first-order valence-electron chi connectivity index (χ1n) is 5.87. The molecule has 6 nitrogen and oxygen atoms in total. The van der Waals surface area contributed by atoms with Crippen LogP contribution < -0.4 is 9.47 Å². The average Bonchev–Trinajstić information content (AvgIpc) is 2.45. The zero-order valence-electron chi connectivity index (χ0n) is 11.3. The van der Waals surface area contributed by atoms with Gasteiger partial charge in [-0.1, -0.05) is 0 Å². The molecule has 2 rings (SSSR count). The summed E-state index contributed by atoms with van der Waals surface area (Å²) in [5, 5.41) is 0. The molecule has 1 heterocycles. The maximum atomic E-state index is 11.8. The molecule has 0 unspecified atom stereocenters. The normalized spacial score (nSPS) is 10.4. The molecule has 1 aromatic carbocycles. The minimum atomic E-state index is -0.524. The maximum absolute atomic E-state index is 11.8. The highest BCUT2D eigenvalue weighted by molar-refractivity contribution is 9.10. The number of nitrogens with zero attached hydrogens (tertiary/aromatic N) is 2. The van der Waals surface area contributed by atoms with E-state index in [0.29, 0.717) is 27.1 Å². The topological polar surface area (TPSA) is 70.5 Å². The van der Waals surface area contributed by atoms with Crippen LogP contribution in [-0.4, -0.2) is 36.8 Å². The lowest BCUT2D eigenvalue weighted by molar-refractivity contribution is 0.0518. The van der Waals surface area contributed by atoms with Gasteiger partial charge in [-0.25, -0.2) is 14.8 Å². The van der Waals surface area contributed by atoms with Gasteiger partial charge in [-0.05, 0) is 22.9 Å². The van der Waals surface area contributed by atoms with Gasteiger partial charge in [-0.3, -0.25) is 0 Å². The smallest absolute Gasteiger partial charge is 0.359 e. The van der Waals surface area contributed by atoms with Gasteiger partial charge >= 0.3 is 5.97 Å². The summed E-state index contributed by atoms with van der Waals surface area (Å²) in [6.45, 7) is 2.01. The van der Waals surface area contributed by atoms with Gasteiger partial charge in [0.15, 0.2) is 17.2 Å². The Labute approximate surface area is 124 Å². The first-order valence-corrected chi connectivity index (χ1v) is 6.66. The van der Waals surface area contributed by atoms with Crippen molar-refractivity contribution in [2.75, 3.05) is 20.8 Å². The van der Waals surface area contributed by atoms with Gasteiger partial charge in [-0.2, -0.15) is 0 Å². The molecule has 0 spiro atoms. The van der Waals surface area contributed by atoms with Crippen molar-refractivity contribution in [3.05, 3.63) is 22.4 Å². The van der Waals surface area contributed by atoms with E-state index in [9.17, 15) is 4.79 Å². The summed E-state index contributed by atoms with van der Waals surface area (Å²) < 4.78 is 15.7. The number of benzene rings is 1. The van der Waals surface area contributed by atoms with E-state index >= 15 is 0 Å². The predicted octanol–water partition coefficient (Wildman–Crippen LogP) is 2.59. The zero-order chi connectivity index (χ0) is 14.7. The standard InChI is InChI=1S/C13H13BrN2O4/c1-4-20-13(17)11-12(14)16-8-6-10(19-3)9(18-2)5-7(8)15-11/h5-6H,4H2,1-3H3. The lowest BCUT2D eigenvalue weighted by Gasteiger charge is -2.10. The minimum Gasteiger partial charge on any atom is -0.493 e. The van der Waals surface area contributed by atoms with E-state index in [1.165, 1.54) is 7.11 Å². The quantitative estimate of drug-likeness (QED) is 0.796. The van der Waals surface area contributed by atoms with Crippen LogP contribution in [0.3, 0.4) is 0 Å². The Bertz CT molecular complexity index is 660. The molecule has 0 aliphatic carbocycles. The number of hydrogen-bond donors (Lipinski definition) is 0. The molecule has 2 aromatic rings. The summed E-state index contributed by atoms with van der Waals surface area (Å²) in [5.74, 6) is 0.542. The molecule has 106 valence electrons. The molecule has 0 radical (unpaired) electrons. The summed E-state index contributed by atoms with van der Waals surface area (Å²) >= 11 is 3.22. The Hall–Kier alpha value is -1.89. The molecule has 0 amide bonds. The van der Waals surface area contributed by atoms with Crippen molar-refractivity contribution in [1.82, 2.24) is 9.97 Å². The maximum Gasteiger partial charge on any atom is 0.359 e. The summed E-state index contributed by atoms with van der Waals surface area (Å²) in [6.07, 6.45) is 0. The van der Waals surface area contributed by atoms with E-state index in [1.807, 2.05) is 0 Å². The number of hydrogen-bond acceptors (Lipinski definition) is 6. The summed E-state index contributed by atoms with van der Waals surface area (Å²) in [7, 11) is 3.07. The number of aromatic nitrogens is 2. The lowest BCUT2D eigenvalue weighted by atomic mass is 10.2. The van der Waals surface area contributed by atoms with Crippen LogP contribution in [0.2, 0.25) is 0 Å². The largest absolute Gasteiger partial charge is 0.493 e. The van der Waals surface area contributed by atoms with Crippen LogP contribution in [-0.2, 0) is 4.74 Å². The first kappa shape index (κ1) is 14.5. The molecule has 0 atom stereocenters. The molecule has 20 heavy (non-hydrogen) atoms. The fourth-order valence-electron chi connectivity index (χ4n) is 1.69. The van der Waals surface area contributed by atoms with E-state index in [-0.39, 0.29) is 12.3 Å². The minimum absolute atomic E-state index is 0.131.